The number of phosphoric acid groups is 1. The molecule has 2 N–H and O–H groups in total. The second-order valence-corrected chi connectivity index (χ2v) is 22.3. The van der Waals surface area contributed by atoms with Gasteiger partial charge in [-0.3, -0.25) is 23.4 Å². The van der Waals surface area contributed by atoms with Crippen molar-refractivity contribution in [3.05, 3.63) is 85.1 Å². The lowest BCUT2D eigenvalue weighted by atomic mass is 10.0. The molecule has 12 heteroatoms. The standard InChI is InChI=1S/C66H115O11P/c1-4-7-10-13-16-19-22-25-27-29-31-33-35-38-40-43-46-49-52-55-64(68)73-59-63(77-66(70)57-54-51-48-45-42-39-36-34-32-30-28-26-23-20-17-14-11-8-5-2)61-75-78(71,72)74-60-62(58-67)76-65(69)56-53-50-47-44-41-37-24-21-18-15-12-9-6-3/h8,11,17,20-21,24,26,28,32,34,39,42,48,51,62-63,67H,4-7,9-10,12-16,18-19,22-23,25,27,29-31,33,35-38,40-41,43-47,49-50,52-61H2,1-3H3,(H,71,72)/b11-8-,20-17-,24-21-,28-26-,34-32-,42-39-,51-48-. The van der Waals surface area contributed by atoms with Gasteiger partial charge in [0.1, 0.15) is 12.7 Å². The molecule has 0 fully saturated rings. The molecule has 0 aromatic rings. The maximum absolute atomic E-state index is 12.9. The molecule has 0 aliphatic heterocycles. The first-order valence-electron chi connectivity index (χ1n) is 31.5. The quantitative estimate of drug-likeness (QED) is 0.0197. The van der Waals surface area contributed by atoms with Gasteiger partial charge in [-0.25, -0.2) is 4.57 Å². The molecule has 0 radical (unpaired) electrons. The second kappa shape index (κ2) is 59.8. The molecule has 0 rings (SSSR count). The predicted molar refractivity (Wildman–Crippen MR) is 325 cm³/mol. The minimum absolute atomic E-state index is 0.0414. The summed E-state index contributed by atoms with van der Waals surface area (Å²) in [6, 6.07) is 0. The lowest BCUT2D eigenvalue weighted by Crippen LogP contribution is -2.30. The monoisotopic (exact) mass is 1110 g/mol. The van der Waals surface area contributed by atoms with Crippen LogP contribution < -0.4 is 0 Å². The van der Waals surface area contributed by atoms with Crippen molar-refractivity contribution in [2.45, 2.75) is 290 Å². The number of rotatable bonds is 58. The fourth-order valence-corrected chi connectivity index (χ4v) is 9.34. The fraction of sp³-hybridized carbons (Fsp3) is 0.742. The van der Waals surface area contributed by atoms with Crippen LogP contribution in [0.2, 0.25) is 0 Å². The summed E-state index contributed by atoms with van der Waals surface area (Å²) < 4.78 is 39.5. The van der Waals surface area contributed by atoms with E-state index in [2.05, 4.69) is 93.7 Å². The number of carbonyl (C=O) groups is 3. The van der Waals surface area contributed by atoms with Gasteiger partial charge in [-0.05, 0) is 83.5 Å². The molecule has 0 aromatic heterocycles. The summed E-state index contributed by atoms with van der Waals surface area (Å²) >= 11 is 0. The molecule has 0 spiro atoms. The lowest BCUT2D eigenvalue weighted by Gasteiger charge is -2.21. The number of ether oxygens (including phenoxy) is 3. The third-order valence-corrected chi connectivity index (χ3v) is 14.3. The smallest absolute Gasteiger partial charge is 0.462 e. The van der Waals surface area contributed by atoms with Gasteiger partial charge in [0.2, 0.25) is 0 Å². The number of esters is 3. The van der Waals surface area contributed by atoms with Crippen molar-refractivity contribution in [1.29, 1.82) is 0 Å². The van der Waals surface area contributed by atoms with E-state index in [1.165, 1.54) is 122 Å². The highest BCUT2D eigenvalue weighted by Crippen LogP contribution is 2.43. The van der Waals surface area contributed by atoms with Crippen LogP contribution in [-0.2, 0) is 42.2 Å². The molecule has 0 amide bonds. The van der Waals surface area contributed by atoms with Crippen LogP contribution in [0.5, 0.6) is 0 Å². The van der Waals surface area contributed by atoms with E-state index in [9.17, 15) is 28.9 Å². The average molecular weight is 1120 g/mol. The molecule has 0 aliphatic rings. The Bertz CT molecular complexity index is 1630. The second-order valence-electron chi connectivity index (χ2n) is 20.8. The van der Waals surface area contributed by atoms with Crippen LogP contribution in [0.15, 0.2) is 85.1 Å². The number of phosphoric ester groups is 1. The summed E-state index contributed by atoms with van der Waals surface area (Å²) in [6.07, 6.45) is 69.9. The summed E-state index contributed by atoms with van der Waals surface area (Å²) in [5.74, 6) is -1.57. The van der Waals surface area contributed by atoms with Gasteiger partial charge in [0.05, 0.1) is 19.8 Å². The molecule has 11 nitrogen and oxygen atoms in total. The zero-order valence-corrected chi connectivity index (χ0v) is 50.8. The van der Waals surface area contributed by atoms with Crippen LogP contribution in [0.3, 0.4) is 0 Å². The summed E-state index contributed by atoms with van der Waals surface area (Å²) in [5.41, 5.74) is 0. The van der Waals surface area contributed by atoms with Crippen molar-refractivity contribution in [2.24, 2.45) is 0 Å². The summed E-state index contributed by atoms with van der Waals surface area (Å²) in [4.78, 5) is 48.6. The Morgan fingerprint density at radius 1 is 0.372 bits per heavy atom. The highest BCUT2D eigenvalue weighted by atomic mass is 31.2. The maximum atomic E-state index is 12.9. The highest BCUT2D eigenvalue weighted by Gasteiger charge is 2.28. The SMILES string of the molecule is CC/C=C\C/C=C\C/C=C\C/C=C\C/C=C\C/C=C\CCC(=O)OC(COC(=O)CCCCCCCCCCCCCCCCCCCCC)COP(=O)(O)OCC(CO)OC(=O)CCCCCCC/C=C\CCCCCC. The van der Waals surface area contributed by atoms with Crippen molar-refractivity contribution in [2.75, 3.05) is 26.4 Å². The maximum Gasteiger partial charge on any atom is 0.472 e. The van der Waals surface area contributed by atoms with Crippen LogP contribution >= 0.6 is 7.82 Å². The van der Waals surface area contributed by atoms with Crippen LogP contribution in [0, 0.1) is 0 Å². The van der Waals surface area contributed by atoms with Crippen LogP contribution in [0.1, 0.15) is 278 Å². The normalized spacial score (nSPS) is 13.9. The lowest BCUT2D eigenvalue weighted by molar-refractivity contribution is -0.161. The van der Waals surface area contributed by atoms with E-state index in [4.69, 9.17) is 23.3 Å². The zero-order valence-electron chi connectivity index (χ0n) is 49.9. The molecule has 0 saturated heterocycles. The molecular weight excluding hydrogens is 1000 g/mol. The van der Waals surface area contributed by atoms with E-state index >= 15 is 0 Å². The Hall–Kier alpha value is -3.34. The van der Waals surface area contributed by atoms with E-state index in [1.807, 2.05) is 12.2 Å². The molecule has 3 unspecified atom stereocenters. The third-order valence-electron chi connectivity index (χ3n) is 13.3. The van der Waals surface area contributed by atoms with Gasteiger partial charge in [-0.2, -0.15) is 0 Å². The van der Waals surface area contributed by atoms with Crippen LogP contribution in [0.4, 0.5) is 0 Å². The minimum atomic E-state index is -4.77. The van der Waals surface area contributed by atoms with E-state index < -0.39 is 57.8 Å². The Labute approximate surface area is 477 Å². The molecule has 0 saturated carbocycles. The van der Waals surface area contributed by atoms with Crippen molar-refractivity contribution in [3.63, 3.8) is 0 Å². The molecule has 78 heavy (non-hydrogen) atoms. The van der Waals surface area contributed by atoms with Gasteiger partial charge < -0.3 is 24.2 Å². The van der Waals surface area contributed by atoms with Crippen molar-refractivity contribution >= 4 is 25.7 Å². The number of hydrogen-bond acceptors (Lipinski definition) is 10. The number of carbonyl (C=O) groups excluding carboxylic acids is 3. The van der Waals surface area contributed by atoms with E-state index in [0.717, 1.165) is 89.9 Å². The first-order chi connectivity index (χ1) is 38.2. The van der Waals surface area contributed by atoms with Gasteiger partial charge >= 0.3 is 25.7 Å². The molecule has 3 atom stereocenters. The number of aliphatic hydroxyl groups is 1. The molecule has 450 valence electrons. The molecule has 0 aromatic carbocycles. The van der Waals surface area contributed by atoms with Gasteiger partial charge in [-0.15, -0.1) is 0 Å². The number of aliphatic hydroxyl groups excluding tert-OH is 1. The van der Waals surface area contributed by atoms with Gasteiger partial charge in [0, 0.05) is 19.3 Å². The van der Waals surface area contributed by atoms with Crippen molar-refractivity contribution in [1.82, 2.24) is 0 Å². The van der Waals surface area contributed by atoms with Gasteiger partial charge in [0.15, 0.2) is 6.10 Å². The van der Waals surface area contributed by atoms with Crippen molar-refractivity contribution in [3.8, 4) is 0 Å². The fourth-order valence-electron chi connectivity index (χ4n) is 8.55. The summed E-state index contributed by atoms with van der Waals surface area (Å²) in [6.45, 7) is 4.46. The third kappa shape index (κ3) is 57.3. The number of allylic oxidation sites excluding steroid dienone is 14. The van der Waals surface area contributed by atoms with Crippen LogP contribution in [-0.4, -0.2) is 66.5 Å². The first-order valence-corrected chi connectivity index (χ1v) is 33.0. The molecular formula is C66H115O11P. The minimum Gasteiger partial charge on any atom is -0.462 e. The number of unbranched alkanes of at least 4 members (excludes halogenated alkanes) is 27. The largest absolute Gasteiger partial charge is 0.472 e. The Morgan fingerprint density at radius 2 is 0.692 bits per heavy atom. The van der Waals surface area contributed by atoms with E-state index in [0.29, 0.717) is 25.7 Å². The van der Waals surface area contributed by atoms with Crippen molar-refractivity contribution < 1.29 is 52.2 Å². The Kier molecular flexibility index (Phi) is 57.2. The Balaban J connectivity index is 4.80. The Morgan fingerprint density at radius 3 is 1.12 bits per heavy atom. The summed E-state index contributed by atoms with van der Waals surface area (Å²) in [7, 11) is -4.77. The van der Waals surface area contributed by atoms with Gasteiger partial charge in [0.25, 0.3) is 0 Å². The van der Waals surface area contributed by atoms with Gasteiger partial charge in [-0.1, -0.05) is 260 Å². The first kappa shape index (κ1) is 74.7. The predicted octanol–water partition coefficient (Wildman–Crippen LogP) is 19.0. The average Bonchev–Trinajstić information content (AvgIpc) is 3.43. The molecule has 0 bridgehead atoms. The zero-order chi connectivity index (χ0) is 56.9. The number of hydrogen-bond donors (Lipinski definition) is 2. The highest BCUT2D eigenvalue weighted by molar-refractivity contribution is 7.47. The van der Waals surface area contributed by atoms with Crippen LogP contribution in [0.25, 0.3) is 0 Å². The molecule has 0 aliphatic carbocycles. The summed E-state index contributed by atoms with van der Waals surface area (Å²) in [5, 5.41) is 9.83. The van der Waals surface area contributed by atoms with E-state index in [-0.39, 0.29) is 25.9 Å². The molecule has 0 heterocycles. The topological polar surface area (TPSA) is 155 Å². The van der Waals surface area contributed by atoms with E-state index in [1.54, 1.807) is 0 Å².